The Labute approximate surface area is 149 Å². The molecule has 1 aliphatic heterocycles. The van der Waals surface area contributed by atoms with E-state index in [9.17, 15) is 4.79 Å². The van der Waals surface area contributed by atoms with Crippen LogP contribution in [-0.2, 0) is 11.3 Å². The van der Waals surface area contributed by atoms with Crippen LogP contribution in [0.15, 0.2) is 47.0 Å². The first kappa shape index (κ1) is 16.2. The second-order valence-corrected chi connectivity index (χ2v) is 6.46. The molecule has 1 aliphatic rings. The number of carbonyl (C=O) groups excluding carboxylic acids is 1. The monoisotopic (exact) mass is 423 g/mol. The maximum Gasteiger partial charge on any atom is 0.246 e. The SMILES string of the molecule is O=C(/C=C/c1ccc(I)o1)N1CCN(Cc2ccccn2)CC1. The molecule has 0 unspecified atom stereocenters. The fourth-order valence-electron chi connectivity index (χ4n) is 2.52. The molecule has 0 radical (unpaired) electrons. The van der Waals surface area contributed by atoms with Gasteiger partial charge in [0.15, 0.2) is 3.77 Å². The standard InChI is InChI=1S/C17H18IN3O2/c18-16-6-4-15(23-16)5-7-17(22)21-11-9-20(10-12-21)13-14-3-1-2-8-19-14/h1-8H,9-13H2/b7-5+. The molecule has 0 saturated carbocycles. The van der Waals surface area contributed by atoms with Crippen molar-refractivity contribution in [2.75, 3.05) is 26.2 Å². The fourth-order valence-corrected chi connectivity index (χ4v) is 2.96. The summed E-state index contributed by atoms with van der Waals surface area (Å²) in [5.74, 6) is 0.741. The maximum absolute atomic E-state index is 12.2. The summed E-state index contributed by atoms with van der Waals surface area (Å²) in [5, 5.41) is 0. The molecule has 1 amide bonds. The van der Waals surface area contributed by atoms with E-state index < -0.39 is 0 Å². The minimum absolute atomic E-state index is 0.0360. The zero-order chi connectivity index (χ0) is 16.1. The van der Waals surface area contributed by atoms with E-state index in [0.717, 1.165) is 42.2 Å². The Bertz CT molecular complexity index is 676. The number of aromatic nitrogens is 1. The Kier molecular flexibility index (Phi) is 5.45. The van der Waals surface area contributed by atoms with Crippen molar-refractivity contribution >= 4 is 34.6 Å². The lowest BCUT2D eigenvalue weighted by molar-refractivity contribution is -0.127. The molecule has 0 N–H and O–H groups in total. The second-order valence-electron chi connectivity index (χ2n) is 5.40. The van der Waals surface area contributed by atoms with Crippen LogP contribution in [0, 0.1) is 3.77 Å². The first-order valence-electron chi connectivity index (χ1n) is 7.55. The van der Waals surface area contributed by atoms with Crippen molar-refractivity contribution in [1.29, 1.82) is 0 Å². The average molecular weight is 423 g/mol. The molecule has 0 aliphatic carbocycles. The molecule has 0 aromatic carbocycles. The van der Waals surface area contributed by atoms with E-state index in [2.05, 4.69) is 32.5 Å². The summed E-state index contributed by atoms with van der Waals surface area (Å²) in [7, 11) is 0. The van der Waals surface area contributed by atoms with E-state index in [1.165, 1.54) is 0 Å². The van der Waals surface area contributed by atoms with E-state index in [-0.39, 0.29) is 5.91 Å². The lowest BCUT2D eigenvalue weighted by Gasteiger charge is -2.34. The highest BCUT2D eigenvalue weighted by Crippen LogP contribution is 2.12. The molecule has 0 bridgehead atoms. The third-order valence-electron chi connectivity index (χ3n) is 3.78. The number of nitrogens with zero attached hydrogens (tertiary/aromatic N) is 3. The molecule has 6 heteroatoms. The molecule has 2 aromatic rings. The van der Waals surface area contributed by atoms with E-state index in [1.807, 2.05) is 41.4 Å². The van der Waals surface area contributed by atoms with E-state index in [1.54, 1.807) is 12.2 Å². The molecule has 2 aromatic heterocycles. The Morgan fingerprint density at radius 1 is 1.22 bits per heavy atom. The molecule has 3 heterocycles. The van der Waals surface area contributed by atoms with E-state index in [4.69, 9.17) is 4.42 Å². The van der Waals surface area contributed by atoms with Gasteiger partial charge in [-0.3, -0.25) is 14.7 Å². The lowest BCUT2D eigenvalue weighted by Crippen LogP contribution is -2.47. The normalized spacial score (nSPS) is 16.1. The van der Waals surface area contributed by atoms with Gasteiger partial charge in [-0.05, 0) is 52.9 Å². The highest BCUT2D eigenvalue weighted by Gasteiger charge is 2.19. The molecular weight excluding hydrogens is 405 g/mol. The van der Waals surface area contributed by atoms with Gasteiger partial charge in [0.1, 0.15) is 5.76 Å². The van der Waals surface area contributed by atoms with Crippen molar-refractivity contribution in [2.45, 2.75) is 6.54 Å². The quantitative estimate of drug-likeness (QED) is 0.561. The number of hydrogen-bond acceptors (Lipinski definition) is 4. The lowest BCUT2D eigenvalue weighted by atomic mass is 10.2. The Morgan fingerprint density at radius 2 is 2.04 bits per heavy atom. The molecular formula is C17H18IN3O2. The fraction of sp³-hybridized carbons (Fsp3) is 0.294. The van der Waals surface area contributed by atoms with Crippen LogP contribution >= 0.6 is 22.6 Å². The second kappa shape index (κ2) is 7.74. The predicted molar refractivity (Wildman–Crippen MR) is 96.6 cm³/mol. The van der Waals surface area contributed by atoms with Gasteiger partial charge in [-0.25, -0.2) is 0 Å². The summed E-state index contributed by atoms with van der Waals surface area (Å²) in [6.07, 6.45) is 5.13. The maximum atomic E-state index is 12.2. The van der Waals surface area contributed by atoms with Crippen LogP contribution in [0.4, 0.5) is 0 Å². The molecule has 5 nitrogen and oxygen atoms in total. The molecule has 0 atom stereocenters. The number of halogens is 1. The Balaban J connectivity index is 1.48. The zero-order valence-electron chi connectivity index (χ0n) is 12.7. The highest BCUT2D eigenvalue weighted by atomic mass is 127. The number of piperazine rings is 1. The van der Waals surface area contributed by atoms with Gasteiger partial charge in [-0.2, -0.15) is 0 Å². The Morgan fingerprint density at radius 3 is 2.70 bits per heavy atom. The van der Waals surface area contributed by atoms with Gasteiger partial charge < -0.3 is 9.32 Å². The van der Waals surface area contributed by atoms with Crippen LogP contribution in [0.2, 0.25) is 0 Å². The van der Waals surface area contributed by atoms with Crippen molar-refractivity contribution in [1.82, 2.24) is 14.8 Å². The van der Waals surface area contributed by atoms with Gasteiger partial charge in [-0.15, -0.1) is 0 Å². The summed E-state index contributed by atoms with van der Waals surface area (Å²) in [6.45, 7) is 4.06. The number of amides is 1. The summed E-state index contributed by atoms with van der Waals surface area (Å²) < 4.78 is 6.24. The van der Waals surface area contributed by atoms with Crippen LogP contribution in [0.1, 0.15) is 11.5 Å². The van der Waals surface area contributed by atoms with Crippen LogP contribution in [0.3, 0.4) is 0 Å². The first-order valence-corrected chi connectivity index (χ1v) is 8.63. The number of furan rings is 1. The van der Waals surface area contributed by atoms with Crippen LogP contribution in [0.25, 0.3) is 6.08 Å². The molecule has 120 valence electrons. The van der Waals surface area contributed by atoms with E-state index in [0.29, 0.717) is 5.76 Å². The largest absolute Gasteiger partial charge is 0.451 e. The van der Waals surface area contributed by atoms with Crippen molar-refractivity contribution < 1.29 is 9.21 Å². The average Bonchev–Trinajstić information content (AvgIpc) is 3.00. The number of pyridine rings is 1. The highest BCUT2D eigenvalue weighted by molar-refractivity contribution is 14.1. The summed E-state index contributed by atoms with van der Waals surface area (Å²) in [4.78, 5) is 20.8. The van der Waals surface area contributed by atoms with Crippen molar-refractivity contribution in [3.63, 3.8) is 0 Å². The van der Waals surface area contributed by atoms with Crippen LogP contribution in [0.5, 0.6) is 0 Å². The summed E-state index contributed by atoms with van der Waals surface area (Å²) in [5.41, 5.74) is 1.07. The third kappa shape index (κ3) is 4.65. The smallest absolute Gasteiger partial charge is 0.246 e. The van der Waals surface area contributed by atoms with Crippen LogP contribution in [-0.4, -0.2) is 46.9 Å². The molecule has 1 fully saturated rings. The van der Waals surface area contributed by atoms with Crippen LogP contribution < -0.4 is 0 Å². The van der Waals surface area contributed by atoms with E-state index >= 15 is 0 Å². The summed E-state index contributed by atoms with van der Waals surface area (Å²) in [6, 6.07) is 9.69. The minimum Gasteiger partial charge on any atom is -0.451 e. The minimum atomic E-state index is 0.0360. The van der Waals surface area contributed by atoms with Crippen molar-refractivity contribution in [2.24, 2.45) is 0 Å². The van der Waals surface area contributed by atoms with Gasteiger partial charge in [0.25, 0.3) is 0 Å². The Hall–Kier alpha value is -1.67. The summed E-state index contributed by atoms with van der Waals surface area (Å²) >= 11 is 2.11. The van der Waals surface area contributed by atoms with Gasteiger partial charge in [0, 0.05) is 45.0 Å². The van der Waals surface area contributed by atoms with Gasteiger partial charge in [0.05, 0.1) is 5.69 Å². The van der Waals surface area contributed by atoms with Crippen molar-refractivity contribution in [3.8, 4) is 0 Å². The van der Waals surface area contributed by atoms with Crippen molar-refractivity contribution in [3.05, 3.63) is 57.8 Å². The first-order chi connectivity index (χ1) is 11.2. The zero-order valence-corrected chi connectivity index (χ0v) is 14.8. The molecule has 23 heavy (non-hydrogen) atoms. The molecule has 0 spiro atoms. The molecule has 1 saturated heterocycles. The third-order valence-corrected chi connectivity index (χ3v) is 4.36. The van der Waals surface area contributed by atoms with Gasteiger partial charge in [-0.1, -0.05) is 6.07 Å². The molecule has 3 rings (SSSR count). The topological polar surface area (TPSA) is 49.6 Å². The number of carbonyl (C=O) groups is 1. The number of hydrogen-bond donors (Lipinski definition) is 0. The number of rotatable bonds is 4. The predicted octanol–water partition coefficient (Wildman–Crippen LogP) is 2.64. The van der Waals surface area contributed by atoms with Gasteiger partial charge in [0.2, 0.25) is 5.91 Å². The van der Waals surface area contributed by atoms with Gasteiger partial charge >= 0.3 is 0 Å².